The van der Waals surface area contributed by atoms with Crippen molar-refractivity contribution in [2.75, 3.05) is 6.54 Å². The third-order valence-electron chi connectivity index (χ3n) is 3.55. The molecule has 1 amide bonds. The van der Waals surface area contributed by atoms with Crippen LogP contribution in [0.3, 0.4) is 0 Å². The fourth-order valence-electron chi connectivity index (χ4n) is 2.16. The first-order valence-electron chi connectivity index (χ1n) is 7.14. The highest BCUT2D eigenvalue weighted by molar-refractivity contribution is 5.89. The van der Waals surface area contributed by atoms with E-state index in [1.807, 2.05) is 6.92 Å². The minimum Gasteiger partial charge on any atom is -0.481 e. The van der Waals surface area contributed by atoms with E-state index >= 15 is 0 Å². The summed E-state index contributed by atoms with van der Waals surface area (Å²) in [6.07, 6.45) is 0.681. The van der Waals surface area contributed by atoms with Gasteiger partial charge in [0.25, 0.3) is 0 Å². The number of amides is 1. The van der Waals surface area contributed by atoms with Gasteiger partial charge >= 0.3 is 5.97 Å². The standard InChI is InChI=1S/C16H23NO4/c1-3-7-13(18)11-17-14(19)10-16(2,15(20)21)12-8-5-4-6-9-12/h4-6,8-9,13,18H,3,7,10-11H2,1-2H3,(H,17,19)(H,20,21). The van der Waals surface area contributed by atoms with Gasteiger partial charge in [-0.1, -0.05) is 43.7 Å². The van der Waals surface area contributed by atoms with Crippen LogP contribution < -0.4 is 5.32 Å². The Morgan fingerprint density at radius 2 is 1.90 bits per heavy atom. The zero-order valence-corrected chi connectivity index (χ0v) is 12.5. The Kier molecular flexibility index (Phi) is 6.37. The number of aliphatic hydroxyl groups excluding tert-OH is 1. The topological polar surface area (TPSA) is 86.6 Å². The number of carboxylic acids is 1. The van der Waals surface area contributed by atoms with E-state index in [0.717, 1.165) is 6.42 Å². The average Bonchev–Trinajstić information content (AvgIpc) is 2.46. The van der Waals surface area contributed by atoms with E-state index in [1.165, 1.54) is 6.92 Å². The van der Waals surface area contributed by atoms with E-state index in [0.29, 0.717) is 12.0 Å². The van der Waals surface area contributed by atoms with Gasteiger partial charge in [-0.15, -0.1) is 0 Å². The molecule has 1 aromatic rings. The van der Waals surface area contributed by atoms with Crippen LogP contribution in [-0.2, 0) is 15.0 Å². The monoisotopic (exact) mass is 293 g/mol. The number of benzene rings is 1. The van der Waals surface area contributed by atoms with Crippen molar-refractivity contribution >= 4 is 11.9 Å². The second-order valence-electron chi connectivity index (χ2n) is 5.43. The number of aliphatic hydroxyl groups is 1. The zero-order valence-electron chi connectivity index (χ0n) is 12.5. The summed E-state index contributed by atoms with van der Waals surface area (Å²) < 4.78 is 0. The third kappa shape index (κ3) is 4.86. The number of carboxylic acid groups (broad SMARTS) is 1. The van der Waals surface area contributed by atoms with E-state index in [2.05, 4.69) is 5.32 Å². The lowest BCUT2D eigenvalue weighted by molar-refractivity contribution is -0.145. The van der Waals surface area contributed by atoms with Gasteiger partial charge in [-0.2, -0.15) is 0 Å². The van der Waals surface area contributed by atoms with Gasteiger partial charge in [0.2, 0.25) is 5.91 Å². The van der Waals surface area contributed by atoms with Crippen molar-refractivity contribution in [1.82, 2.24) is 5.32 Å². The molecule has 2 atom stereocenters. The Hall–Kier alpha value is -1.88. The predicted octanol–water partition coefficient (Wildman–Crippen LogP) is 1.70. The summed E-state index contributed by atoms with van der Waals surface area (Å²) >= 11 is 0. The zero-order chi connectivity index (χ0) is 15.9. The van der Waals surface area contributed by atoms with Crippen LogP contribution in [0, 0.1) is 0 Å². The second-order valence-corrected chi connectivity index (χ2v) is 5.43. The lowest BCUT2D eigenvalue weighted by Gasteiger charge is -2.25. The number of hydrogen-bond acceptors (Lipinski definition) is 3. The molecule has 0 saturated carbocycles. The Morgan fingerprint density at radius 1 is 1.29 bits per heavy atom. The molecular weight excluding hydrogens is 270 g/mol. The van der Waals surface area contributed by atoms with Gasteiger partial charge in [-0.05, 0) is 18.9 Å². The molecule has 0 aromatic heterocycles. The van der Waals surface area contributed by atoms with Crippen molar-refractivity contribution in [3.8, 4) is 0 Å². The number of rotatable bonds is 8. The first-order chi connectivity index (χ1) is 9.90. The summed E-state index contributed by atoms with van der Waals surface area (Å²) in [6, 6.07) is 8.70. The minimum atomic E-state index is -1.28. The lowest BCUT2D eigenvalue weighted by atomic mass is 9.79. The molecule has 0 fully saturated rings. The largest absolute Gasteiger partial charge is 0.481 e. The molecule has 0 aliphatic carbocycles. The quantitative estimate of drug-likeness (QED) is 0.681. The highest BCUT2D eigenvalue weighted by atomic mass is 16.4. The SMILES string of the molecule is CCCC(O)CNC(=O)CC(C)(C(=O)O)c1ccccc1. The third-order valence-corrected chi connectivity index (χ3v) is 3.55. The molecule has 0 radical (unpaired) electrons. The van der Waals surface area contributed by atoms with E-state index < -0.39 is 17.5 Å². The molecule has 0 saturated heterocycles. The summed E-state index contributed by atoms with van der Waals surface area (Å²) in [4.78, 5) is 23.5. The molecule has 0 spiro atoms. The second kappa shape index (κ2) is 7.78. The molecular formula is C16H23NO4. The van der Waals surface area contributed by atoms with Crippen LogP contribution in [-0.4, -0.2) is 34.7 Å². The number of hydrogen-bond donors (Lipinski definition) is 3. The first kappa shape index (κ1) is 17.2. The van der Waals surface area contributed by atoms with E-state index in [1.54, 1.807) is 30.3 Å². The van der Waals surface area contributed by atoms with Gasteiger partial charge in [0.15, 0.2) is 0 Å². The fourth-order valence-corrected chi connectivity index (χ4v) is 2.16. The van der Waals surface area contributed by atoms with E-state index in [4.69, 9.17) is 0 Å². The Bertz CT molecular complexity index is 474. The molecule has 2 unspecified atom stereocenters. The van der Waals surface area contributed by atoms with Crippen molar-refractivity contribution in [3.63, 3.8) is 0 Å². The Labute approximate surface area is 125 Å². The molecule has 0 aliphatic rings. The molecule has 5 nitrogen and oxygen atoms in total. The first-order valence-corrected chi connectivity index (χ1v) is 7.14. The summed E-state index contributed by atoms with van der Waals surface area (Å²) in [6.45, 7) is 3.63. The van der Waals surface area contributed by atoms with E-state index in [9.17, 15) is 19.8 Å². The van der Waals surface area contributed by atoms with Gasteiger partial charge in [-0.25, -0.2) is 0 Å². The fraction of sp³-hybridized carbons (Fsp3) is 0.500. The maximum absolute atomic E-state index is 12.0. The van der Waals surface area contributed by atoms with Crippen LogP contribution in [0.5, 0.6) is 0 Å². The van der Waals surface area contributed by atoms with Gasteiger partial charge in [-0.3, -0.25) is 9.59 Å². The molecule has 0 bridgehead atoms. The number of carbonyl (C=O) groups excluding carboxylic acids is 1. The van der Waals surface area contributed by atoms with E-state index in [-0.39, 0.29) is 18.9 Å². The lowest BCUT2D eigenvalue weighted by Crippen LogP contribution is -2.40. The normalized spacial score (nSPS) is 15.0. The van der Waals surface area contributed by atoms with Crippen LogP contribution in [0.25, 0.3) is 0 Å². The van der Waals surface area contributed by atoms with Crippen molar-refractivity contribution in [1.29, 1.82) is 0 Å². The maximum atomic E-state index is 12.0. The summed E-state index contributed by atoms with van der Waals surface area (Å²) in [7, 11) is 0. The number of nitrogens with one attached hydrogen (secondary N) is 1. The smallest absolute Gasteiger partial charge is 0.314 e. The molecule has 1 aromatic carbocycles. The van der Waals surface area contributed by atoms with Crippen molar-refractivity contribution in [3.05, 3.63) is 35.9 Å². The summed E-state index contributed by atoms with van der Waals surface area (Å²) in [5, 5.41) is 21.7. The van der Waals surface area contributed by atoms with Crippen LogP contribution in [0.4, 0.5) is 0 Å². The predicted molar refractivity (Wildman–Crippen MR) is 80.0 cm³/mol. The van der Waals surface area contributed by atoms with Gasteiger partial charge in [0, 0.05) is 13.0 Å². The highest BCUT2D eigenvalue weighted by Gasteiger charge is 2.37. The molecule has 116 valence electrons. The van der Waals surface area contributed by atoms with Crippen LogP contribution in [0.15, 0.2) is 30.3 Å². The Morgan fingerprint density at radius 3 is 2.43 bits per heavy atom. The molecule has 0 aliphatic heterocycles. The molecule has 1 rings (SSSR count). The number of aliphatic carboxylic acids is 1. The summed E-state index contributed by atoms with van der Waals surface area (Å²) in [5.74, 6) is -1.42. The van der Waals surface area contributed by atoms with Crippen molar-refractivity contribution in [2.24, 2.45) is 0 Å². The Balaban J connectivity index is 2.71. The summed E-state index contributed by atoms with van der Waals surface area (Å²) in [5.41, 5.74) is -0.692. The molecule has 3 N–H and O–H groups in total. The van der Waals surface area contributed by atoms with Crippen LogP contribution in [0.1, 0.15) is 38.7 Å². The maximum Gasteiger partial charge on any atom is 0.314 e. The van der Waals surface area contributed by atoms with Crippen molar-refractivity contribution < 1.29 is 19.8 Å². The average molecular weight is 293 g/mol. The van der Waals surface area contributed by atoms with Crippen molar-refractivity contribution in [2.45, 2.75) is 44.6 Å². The van der Waals surface area contributed by atoms with Crippen LogP contribution >= 0.6 is 0 Å². The molecule has 0 heterocycles. The number of carbonyl (C=O) groups is 2. The van der Waals surface area contributed by atoms with Gasteiger partial charge in [0.05, 0.1) is 11.5 Å². The van der Waals surface area contributed by atoms with Gasteiger partial charge < -0.3 is 15.5 Å². The highest BCUT2D eigenvalue weighted by Crippen LogP contribution is 2.27. The van der Waals surface area contributed by atoms with Crippen LogP contribution in [0.2, 0.25) is 0 Å². The molecule has 21 heavy (non-hydrogen) atoms. The molecule has 5 heteroatoms. The minimum absolute atomic E-state index is 0.150. The van der Waals surface area contributed by atoms with Gasteiger partial charge in [0.1, 0.15) is 0 Å².